The summed E-state index contributed by atoms with van der Waals surface area (Å²) in [5.41, 5.74) is 0. The van der Waals surface area contributed by atoms with Crippen LogP contribution in [0.25, 0.3) is 0 Å². The molecule has 122 valence electrons. The fourth-order valence-corrected chi connectivity index (χ4v) is 2.91. The van der Waals surface area contributed by atoms with Crippen LogP contribution in [0.3, 0.4) is 0 Å². The fraction of sp³-hybridized carbons (Fsp3) is 0.375. The van der Waals surface area contributed by atoms with E-state index < -0.39 is 11.6 Å². The van der Waals surface area contributed by atoms with E-state index >= 15 is 0 Å². The molecular weight excluding hydrogens is 304 g/mol. The molecule has 1 aromatic carbocycles. The van der Waals surface area contributed by atoms with Crippen molar-refractivity contribution in [2.24, 2.45) is 0 Å². The minimum absolute atomic E-state index is 0.0161. The molecule has 0 bridgehead atoms. The number of hydrogen-bond acceptors (Lipinski definition) is 3. The summed E-state index contributed by atoms with van der Waals surface area (Å²) >= 11 is 0. The molecule has 1 aromatic heterocycles. The molecule has 0 radical (unpaired) electrons. The van der Waals surface area contributed by atoms with Gasteiger partial charge in [0.15, 0.2) is 18.2 Å². The molecule has 7 heteroatoms. The number of hydrogen-bond donors (Lipinski definition) is 1. The van der Waals surface area contributed by atoms with Gasteiger partial charge in [-0.25, -0.2) is 13.8 Å². The van der Waals surface area contributed by atoms with Gasteiger partial charge >= 0.3 is 0 Å². The van der Waals surface area contributed by atoms with Crippen molar-refractivity contribution < 1.29 is 18.3 Å². The van der Waals surface area contributed by atoms with Gasteiger partial charge in [-0.2, -0.15) is 0 Å². The molecule has 0 aliphatic heterocycles. The van der Waals surface area contributed by atoms with E-state index in [1.54, 1.807) is 12.5 Å². The zero-order valence-corrected chi connectivity index (χ0v) is 12.4. The predicted molar refractivity (Wildman–Crippen MR) is 78.9 cm³/mol. The molecule has 1 aliphatic carbocycles. The van der Waals surface area contributed by atoms with Gasteiger partial charge in [0.25, 0.3) is 5.91 Å². The number of aromatic nitrogens is 2. The summed E-state index contributed by atoms with van der Waals surface area (Å²) in [6.07, 6.45) is 8.13. The van der Waals surface area contributed by atoms with Crippen LogP contribution >= 0.6 is 0 Å². The van der Waals surface area contributed by atoms with Crippen molar-refractivity contribution in [1.29, 1.82) is 0 Å². The minimum Gasteiger partial charge on any atom is -0.481 e. The van der Waals surface area contributed by atoms with E-state index in [1.807, 2.05) is 10.8 Å². The maximum absolute atomic E-state index is 13.4. The Bertz CT molecular complexity index is 676. The van der Waals surface area contributed by atoms with Gasteiger partial charge in [-0.1, -0.05) is 0 Å². The van der Waals surface area contributed by atoms with E-state index in [4.69, 9.17) is 4.74 Å². The highest BCUT2D eigenvalue weighted by molar-refractivity contribution is 5.78. The highest BCUT2D eigenvalue weighted by Crippen LogP contribution is 2.29. The quantitative estimate of drug-likeness (QED) is 0.920. The van der Waals surface area contributed by atoms with Crippen LogP contribution in [0.1, 0.15) is 25.3 Å². The highest BCUT2D eigenvalue weighted by atomic mass is 19.1. The van der Waals surface area contributed by atoms with Crippen LogP contribution in [0.4, 0.5) is 8.78 Å². The van der Waals surface area contributed by atoms with E-state index in [0.717, 1.165) is 37.5 Å². The zero-order valence-electron chi connectivity index (χ0n) is 12.4. The number of carbonyl (C=O) groups excluding carboxylic acids is 1. The molecule has 0 saturated heterocycles. The monoisotopic (exact) mass is 321 g/mol. The maximum Gasteiger partial charge on any atom is 0.258 e. The normalized spacial score (nSPS) is 20.4. The molecule has 23 heavy (non-hydrogen) atoms. The number of amides is 1. The Morgan fingerprint density at radius 1 is 1.39 bits per heavy atom. The summed E-state index contributed by atoms with van der Waals surface area (Å²) in [5.74, 6) is -1.93. The second-order valence-corrected chi connectivity index (χ2v) is 5.55. The average molecular weight is 321 g/mol. The standard InChI is InChI=1S/C16H17F2N3O2/c17-11-4-5-12(18)15(8-11)23-9-16(22)20-13-2-1-3-14(13)21-7-6-19-10-21/h4-8,10,13-14H,1-3,9H2,(H,20,22)/t13-,14-/m0/s1. The Morgan fingerprint density at radius 2 is 2.26 bits per heavy atom. The summed E-state index contributed by atoms with van der Waals surface area (Å²) < 4.78 is 33.5. The molecular formula is C16H17F2N3O2. The Hall–Kier alpha value is -2.44. The SMILES string of the molecule is O=C(COc1cc(F)ccc1F)N[C@H]1CCC[C@@H]1n1ccnc1. The van der Waals surface area contributed by atoms with Gasteiger partial charge in [0.05, 0.1) is 12.4 Å². The van der Waals surface area contributed by atoms with E-state index in [2.05, 4.69) is 10.3 Å². The molecule has 1 amide bonds. The van der Waals surface area contributed by atoms with Crippen LogP contribution in [0.15, 0.2) is 36.9 Å². The van der Waals surface area contributed by atoms with E-state index in [0.29, 0.717) is 0 Å². The molecule has 2 aromatic rings. The van der Waals surface area contributed by atoms with Crippen LogP contribution in [-0.4, -0.2) is 28.1 Å². The van der Waals surface area contributed by atoms with Crippen LogP contribution in [0.5, 0.6) is 5.75 Å². The van der Waals surface area contributed by atoms with E-state index in [9.17, 15) is 13.6 Å². The molecule has 1 aliphatic rings. The van der Waals surface area contributed by atoms with Crippen molar-refractivity contribution in [2.75, 3.05) is 6.61 Å². The molecule has 0 spiro atoms. The largest absolute Gasteiger partial charge is 0.481 e. The summed E-state index contributed by atoms with van der Waals surface area (Å²) in [4.78, 5) is 16.0. The second kappa shape index (κ2) is 6.76. The first-order chi connectivity index (χ1) is 11.1. The van der Waals surface area contributed by atoms with Crippen LogP contribution in [-0.2, 0) is 4.79 Å². The zero-order chi connectivity index (χ0) is 16.2. The minimum atomic E-state index is -0.698. The van der Waals surface area contributed by atoms with Crippen molar-refractivity contribution >= 4 is 5.91 Å². The molecule has 2 atom stereocenters. The van der Waals surface area contributed by atoms with E-state index in [1.165, 1.54) is 0 Å². The first-order valence-electron chi connectivity index (χ1n) is 7.48. The number of benzene rings is 1. The Morgan fingerprint density at radius 3 is 3.04 bits per heavy atom. The Labute approximate surface area is 132 Å². The van der Waals surface area contributed by atoms with Gasteiger partial charge in [0.2, 0.25) is 0 Å². The molecule has 3 rings (SSSR count). The van der Waals surface area contributed by atoms with Gasteiger partial charge in [-0.05, 0) is 31.4 Å². The average Bonchev–Trinajstić information content (AvgIpc) is 3.19. The molecule has 5 nitrogen and oxygen atoms in total. The fourth-order valence-electron chi connectivity index (χ4n) is 2.91. The number of imidazole rings is 1. The predicted octanol–water partition coefficient (Wildman–Crippen LogP) is 2.45. The molecule has 1 saturated carbocycles. The lowest BCUT2D eigenvalue weighted by molar-refractivity contribution is -0.124. The second-order valence-electron chi connectivity index (χ2n) is 5.55. The summed E-state index contributed by atoms with van der Waals surface area (Å²) in [5, 5.41) is 2.89. The van der Waals surface area contributed by atoms with Gasteiger partial charge < -0.3 is 14.6 Å². The lowest BCUT2D eigenvalue weighted by Crippen LogP contribution is -2.40. The van der Waals surface area contributed by atoms with Gasteiger partial charge in [0.1, 0.15) is 5.82 Å². The number of ether oxygens (including phenoxy) is 1. The summed E-state index contributed by atoms with van der Waals surface area (Å²) in [7, 11) is 0. The summed E-state index contributed by atoms with van der Waals surface area (Å²) in [6.45, 7) is -0.354. The Kier molecular flexibility index (Phi) is 4.55. The van der Waals surface area contributed by atoms with Crippen LogP contribution in [0.2, 0.25) is 0 Å². The number of carbonyl (C=O) groups is 1. The lowest BCUT2D eigenvalue weighted by atomic mass is 10.1. The van der Waals surface area contributed by atoms with Crippen molar-refractivity contribution in [2.45, 2.75) is 31.3 Å². The molecule has 0 unspecified atom stereocenters. The molecule has 1 heterocycles. The third kappa shape index (κ3) is 3.67. The van der Waals surface area contributed by atoms with Gasteiger partial charge in [0, 0.05) is 24.5 Å². The van der Waals surface area contributed by atoms with Crippen molar-refractivity contribution in [3.63, 3.8) is 0 Å². The number of halogens is 2. The third-order valence-corrected chi connectivity index (χ3v) is 3.99. The molecule has 1 N–H and O–H groups in total. The van der Waals surface area contributed by atoms with Gasteiger partial charge in [-0.15, -0.1) is 0 Å². The highest BCUT2D eigenvalue weighted by Gasteiger charge is 2.29. The number of nitrogens with zero attached hydrogens (tertiary/aromatic N) is 2. The summed E-state index contributed by atoms with van der Waals surface area (Å²) in [6, 6.07) is 3.03. The van der Waals surface area contributed by atoms with Gasteiger partial charge in [-0.3, -0.25) is 4.79 Å². The lowest BCUT2D eigenvalue weighted by Gasteiger charge is -2.22. The van der Waals surface area contributed by atoms with Crippen molar-refractivity contribution in [3.8, 4) is 5.75 Å². The Balaban J connectivity index is 1.56. The van der Waals surface area contributed by atoms with E-state index in [-0.39, 0.29) is 30.3 Å². The molecule has 1 fully saturated rings. The third-order valence-electron chi connectivity index (χ3n) is 3.99. The van der Waals surface area contributed by atoms with Crippen LogP contribution in [0, 0.1) is 11.6 Å². The van der Waals surface area contributed by atoms with Crippen LogP contribution < -0.4 is 10.1 Å². The van der Waals surface area contributed by atoms with Crippen molar-refractivity contribution in [1.82, 2.24) is 14.9 Å². The van der Waals surface area contributed by atoms with Crippen molar-refractivity contribution in [3.05, 3.63) is 48.6 Å². The maximum atomic E-state index is 13.4. The topological polar surface area (TPSA) is 56.1 Å². The number of rotatable bonds is 5. The number of nitrogens with one attached hydrogen (secondary N) is 1. The first-order valence-corrected chi connectivity index (χ1v) is 7.48. The smallest absolute Gasteiger partial charge is 0.258 e. The first kappa shape index (κ1) is 15.5.